The van der Waals surface area contributed by atoms with Crippen LogP contribution in [0.4, 0.5) is 5.69 Å². The molecule has 4 heteroatoms. The number of nitrogen functional groups attached to an aromatic ring is 1. The number of benzene rings is 1. The zero-order valence-electron chi connectivity index (χ0n) is 17.9. The Morgan fingerprint density at radius 2 is 1.85 bits per heavy atom. The Morgan fingerprint density at radius 3 is 2.41 bits per heavy atom. The summed E-state index contributed by atoms with van der Waals surface area (Å²) >= 11 is 0. The molecule has 1 aliphatic heterocycles. The topological polar surface area (TPSA) is 68.3 Å². The smallest absolute Gasteiger partial charge is 0.169 e. The first-order chi connectivity index (χ1) is 12.9. The van der Waals surface area contributed by atoms with Crippen molar-refractivity contribution in [3.8, 4) is 6.07 Å². The average molecular weight is 375 g/mol. The summed E-state index contributed by atoms with van der Waals surface area (Å²) in [5.41, 5.74) is 8.34. The van der Waals surface area contributed by atoms with E-state index in [-0.39, 0.29) is 5.79 Å². The summed E-state index contributed by atoms with van der Waals surface area (Å²) in [5, 5.41) is 8.46. The molecule has 1 saturated heterocycles. The molecule has 0 unspecified atom stereocenters. The molecule has 1 spiro atoms. The molecule has 0 bridgehead atoms. The molecule has 1 heterocycles. The SMILES string of the molecule is CC.CCCC[C@@]1(C)CCCC2(C1)OCCO2.Cc1cc(C#N)ccc1N. The van der Waals surface area contributed by atoms with Crippen LogP contribution in [0.2, 0.25) is 0 Å². The van der Waals surface area contributed by atoms with E-state index in [1.165, 1.54) is 32.1 Å². The third-order valence-electron chi connectivity index (χ3n) is 5.38. The minimum atomic E-state index is -0.194. The maximum absolute atomic E-state index is 8.46. The van der Waals surface area contributed by atoms with Crippen molar-refractivity contribution in [1.29, 1.82) is 5.26 Å². The van der Waals surface area contributed by atoms with Crippen LogP contribution in [0.25, 0.3) is 0 Å². The summed E-state index contributed by atoms with van der Waals surface area (Å²) in [6.45, 7) is 12.2. The lowest BCUT2D eigenvalue weighted by molar-refractivity contribution is -0.200. The van der Waals surface area contributed by atoms with E-state index in [0.29, 0.717) is 11.0 Å². The van der Waals surface area contributed by atoms with Crippen LogP contribution in [0.5, 0.6) is 0 Å². The van der Waals surface area contributed by atoms with E-state index in [2.05, 4.69) is 13.8 Å². The van der Waals surface area contributed by atoms with Gasteiger partial charge in [0.25, 0.3) is 0 Å². The second kappa shape index (κ2) is 11.3. The van der Waals surface area contributed by atoms with Gasteiger partial charge in [0.1, 0.15) is 0 Å². The third kappa shape index (κ3) is 7.16. The first-order valence-electron chi connectivity index (χ1n) is 10.5. The molecule has 0 amide bonds. The molecular weight excluding hydrogens is 336 g/mol. The van der Waals surface area contributed by atoms with Gasteiger partial charge >= 0.3 is 0 Å². The van der Waals surface area contributed by atoms with Crippen LogP contribution in [0.15, 0.2) is 18.2 Å². The van der Waals surface area contributed by atoms with Crippen molar-refractivity contribution in [1.82, 2.24) is 0 Å². The van der Waals surface area contributed by atoms with Gasteiger partial charge in [-0.2, -0.15) is 5.26 Å². The fraction of sp³-hybridized carbons (Fsp3) is 0.696. The predicted octanol–water partition coefficient (Wildman–Crippen LogP) is 5.98. The molecule has 0 radical (unpaired) electrons. The van der Waals surface area contributed by atoms with Crippen molar-refractivity contribution in [3.63, 3.8) is 0 Å². The van der Waals surface area contributed by atoms with Gasteiger partial charge in [-0.3, -0.25) is 0 Å². The highest BCUT2D eigenvalue weighted by Crippen LogP contribution is 2.47. The first-order valence-corrected chi connectivity index (χ1v) is 10.5. The molecular formula is C23H38N2O2. The van der Waals surface area contributed by atoms with E-state index < -0.39 is 0 Å². The highest BCUT2D eigenvalue weighted by Gasteiger charge is 2.45. The molecule has 0 aromatic heterocycles. The van der Waals surface area contributed by atoms with E-state index in [1.807, 2.05) is 26.8 Å². The molecule has 4 nitrogen and oxygen atoms in total. The molecule has 1 atom stereocenters. The second-order valence-electron chi connectivity index (χ2n) is 7.74. The van der Waals surface area contributed by atoms with Crippen LogP contribution in [-0.4, -0.2) is 19.0 Å². The maximum atomic E-state index is 8.46. The maximum Gasteiger partial charge on any atom is 0.169 e. The number of nitrogens with two attached hydrogens (primary N) is 1. The van der Waals surface area contributed by atoms with Crippen LogP contribution in [-0.2, 0) is 9.47 Å². The third-order valence-corrected chi connectivity index (χ3v) is 5.38. The van der Waals surface area contributed by atoms with Crippen molar-refractivity contribution in [2.75, 3.05) is 18.9 Å². The Bertz CT molecular complexity index is 603. The molecule has 2 fully saturated rings. The largest absolute Gasteiger partial charge is 0.399 e. The van der Waals surface area contributed by atoms with E-state index in [0.717, 1.165) is 37.3 Å². The van der Waals surface area contributed by atoms with Crippen LogP contribution in [0, 0.1) is 23.7 Å². The summed E-state index contributed by atoms with van der Waals surface area (Å²) in [4.78, 5) is 0. The monoisotopic (exact) mass is 374 g/mol. The minimum absolute atomic E-state index is 0.194. The molecule has 2 N–H and O–H groups in total. The summed E-state index contributed by atoms with van der Waals surface area (Å²) in [6.07, 6.45) is 8.80. The van der Waals surface area contributed by atoms with Crippen molar-refractivity contribution < 1.29 is 9.47 Å². The number of nitriles is 1. The van der Waals surface area contributed by atoms with Crippen molar-refractivity contribution in [2.45, 2.75) is 85.4 Å². The van der Waals surface area contributed by atoms with Gasteiger partial charge in [-0.15, -0.1) is 0 Å². The number of unbranched alkanes of at least 4 members (excludes halogenated alkanes) is 1. The summed E-state index contributed by atoms with van der Waals surface area (Å²) < 4.78 is 11.7. The number of anilines is 1. The lowest BCUT2D eigenvalue weighted by Gasteiger charge is -2.43. The van der Waals surface area contributed by atoms with Crippen molar-refractivity contribution in [3.05, 3.63) is 29.3 Å². The van der Waals surface area contributed by atoms with Crippen LogP contribution in [0.3, 0.4) is 0 Å². The average Bonchev–Trinajstić information content (AvgIpc) is 3.11. The van der Waals surface area contributed by atoms with E-state index in [4.69, 9.17) is 20.5 Å². The number of nitrogens with zero attached hydrogens (tertiary/aromatic N) is 1. The summed E-state index contributed by atoms with van der Waals surface area (Å²) in [5.74, 6) is -0.194. The lowest BCUT2D eigenvalue weighted by atomic mass is 9.70. The molecule has 1 aliphatic carbocycles. The Labute approximate surface area is 166 Å². The van der Waals surface area contributed by atoms with Crippen molar-refractivity contribution in [2.24, 2.45) is 5.41 Å². The molecule has 1 aromatic rings. The van der Waals surface area contributed by atoms with Crippen LogP contribution >= 0.6 is 0 Å². The number of aryl methyl sites for hydroxylation is 1. The zero-order chi connectivity index (χ0) is 20.3. The fourth-order valence-corrected chi connectivity index (χ4v) is 3.92. The fourth-order valence-electron chi connectivity index (χ4n) is 3.92. The molecule has 1 aromatic carbocycles. The molecule has 1 saturated carbocycles. The number of ether oxygens (including phenoxy) is 2. The Morgan fingerprint density at radius 1 is 1.19 bits per heavy atom. The normalized spacial score (nSPS) is 22.8. The Balaban J connectivity index is 0.000000265. The zero-order valence-corrected chi connectivity index (χ0v) is 17.9. The Kier molecular flexibility index (Phi) is 9.83. The first kappa shape index (κ1) is 23.5. The van der Waals surface area contributed by atoms with Gasteiger partial charge in [-0.1, -0.05) is 40.5 Å². The van der Waals surface area contributed by atoms with Gasteiger partial charge in [0.05, 0.1) is 24.8 Å². The summed E-state index contributed by atoms with van der Waals surface area (Å²) in [6, 6.07) is 7.27. The van der Waals surface area contributed by atoms with Gasteiger partial charge < -0.3 is 15.2 Å². The van der Waals surface area contributed by atoms with E-state index >= 15 is 0 Å². The Hall–Kier alpha value is -1.57. The molecule has 3 rings (SSSR count). The summed E-state index contributed by atoms with van der Waals surface area (Å²) in [7, 11) is 0. The van der Waals surface area contributed by atoms with Gasteiger partial charge in [0, 0.05) is 18.5 Å². The van der Waals surface area contributed by atoms with Gasteiger partial charge in [-0.05, 0) is 55.4 Å². The number of hydrogen-bond acceptors (Lipinski definition) is 4. The van der Waals surface area contributed by atoms with Crippen LogP contribution in [0.1, 0.15) is 83.8 Å². The number of hydrogen-bond donors (Lipinski definition) is 1. The standard InChI is InChI=1S/C13H24O2.C8H8N2.C2H6/c1-3-4-6-12(2)7-5-8-13(11-12)14-9-10-15-13;1-6-4-7(5-9)2-3-8(6)10;1-2/h3-11H2,1-2H3;2-4H,10H2,1H3;1-2H3/t12-;;/m0../s1. The molecule has 2 aliphatic rings. The predicted molar refractivity (Wildman–Crippen MR) is 112 cm³/mol. The number of rotatable bonds is 3. The second-order valence-corrected chi connectivity index (χ2v) is 7.74. The highest BCUT2D eigenvalue weighted by molar-refractivity contribution is 5.50. The van der Waals surface area contributed by atoms with E-state index in [1.54, 1.807) is 18.2 Å². The van der Waals surface area contributed by atoms with Gasteiger partial charge in [0.15, 0.2) is 5.79 Å². The quantitative estimate of drug-likeness (QED) is 0.661. The molecule has 152 valence electrons. The van der Waals surface area contributed by atoms with Crippen LogP contribution < -0.4 is 5.73 Å². The van der Waals surface area contributed by atoms with E-state index in [9.17, 15) is 0 Å². The van der Waals surface area contributed by atoms with Gasteiger partial charge in [-0.25, -0.2) is 0 Å². The lowest BCUT2D eigenvalue weighted by Crippen LogP contribution is -2.41. The van der Waals surface area contributed by atoms with Crippen molar-refractivity contribution >= 4 is 5.69 Å². The highest BCUT2D eigenvalue weighted by atomic mass is 16.7. The minimum Gasteiger partial charge on any atom is -0.399 e. The van der Waals surface area contributed by atoms with Gasteiger partial charge in [0.2, 0.25) is 0 Å². The molecule has 27 heavy (non-hydrogen) atoms.